The molecule has 0 bridgehead atoms. The SMILES string of the molecule is C1=Cc2ncccc2N=NC1. The summed E-state index contributed by atoms with van der Waals surface area (Å²) in [4.78, 5) is 4.14. The van der Waals surface area contributed by atoms with Crippen molar-refractivity contribution in [2.45, 2.75) is 0 Å². The summed E-state index contributed by atoms with van der Waals surface area (Å²) < 4.78 is 0. The van der Waals surface area contributed by atoms with E-state index in [9.17, 15) is 0 Å². The number of rotatable bonds is 0. The summed E-state index contributed by atoms with van der Waals surface area (Å²) in [6, 6.07) is 3.76. The minimum atomic E-state index is 0.649. The maximum atomic E-state index is 4.14. The summed E-state index contributed by atoms with van der Waals surface area (Å²) in [5, 5.41) is 7.90. The van der Waals surface area contributed by atoms with Crippen molar-refractivity contribution in [1.29, 1.82) is 0 Å². The molecule has 2 rings (SSSR count). The molecule has 3 heteroatoms. The molecular weight excluding hydrogens is 138 g/mol. The van der Waals surface area contributed by atoms with Gasteiger partial charge in [0.25, 0.3) is 0 Å². The Labute approximate surface area is 64.5 Å². The van der Waals surface area contributed by atoms with Gasteiger partial charge in [0.2, 0.25) is 0 Å². The quantitative estimate of drug-likeness (QED) is 0.551. The average Bonchev–Trinajstić information content (AvgIpc) is 2.28. The van der Waals surface area contributed by atoms with Crippen molar-refractivity contribution < 1.29 is 0 Å². The molecular formula is C8H7N3. The van der Waals surface area contributed by atoms with Crippen molar-refractivity contribution in [2.75, 3.05) is 6.54 Å². The third kappa shape index (κ3) is 1.17. The summed E-state index contributed by atoms with van der Waals surface area (Å²) in [6.45, 7) is 0.649. The van der Waals surface area contributed by atoms with Crippen LogP contribution in [0.4, 0.5) is 5.69 Å². The van der Waals surface area contributed by atoms with Crippen molar-refractivity contribution in [3.63, 3.8) is 0 Å². The number of hydrogen-bond acceptors (Lipinski definition) is 3. The van der Waals surface area contributed by atoms with Crippen molar-refractivity contribution in [1.82, 2.24) is 4.98 Å². The zero-order chi connectivity index (χ0) is 7.52. The minimum absolute atomic E-state index is 0.649. The second-order valence-corrected chi connectivity index (χ2v) is 2.23. The Morgan fingerprint density at radius 2 is 2.36 bits per heavy atom. The van der Waals surface area contributed by atoms with Crippen molar-refractivity contribution in [2.24, 2.45) is 10.2 Å². The van der Waals surface area contributed by atoms with Crippen LogP contribution in [0.3, 0.4) is 0 Å². The Morgan fingerprint density at radius 1 is 1.36 bits per heavy atom. The Bertz CT molecular complexity index is 284. The van der Waals surface area contributed by atoms with Crippen LogP contribution in [0.1, 0.15) is 5.69 Å². The lowest BCUT2D eigenvalue weighted by molar-refractivity contribution is 1.08. The van der Waals surface area contributed by atoms with E-state index in [2.05, 4.69) is 15.2 Å². The van der Waals surface area contributed by atoms with E-state index in [4.69, 9.17) is 0 Å². The van der Waals surface area contributed by atoms with Crippen LogP contribution in [0, 0.1) is 0 Å². The maximum Gasteiger partial charge on any atom is 0.111 e. The van der Waals surface area contributed by atoms with Gasteiger partial charge in [0.15, 0.2) is 0 Å². The molecule has 2 heterocycles. The first-order valence-corrected chi connectivity index (χ1v) is 3.46. The van der Waals surface area contributed by atoms with E-state index in [1.165, 1.54) is 0 Å². The molecule has 0 aromatic carbocycles. The number of azo groups is 1. The number of pyridine rings is 1. The van der Waals surface area contributed by atoms with Crippen LogP contribution in [0.2, 0.25) is 0 Å². The Kier molecular flexibility index (Phi) is 1.48. The van der Waals surface area contributed by atoms with Gasteiger partial charge < -0.3 is 0 Å². The van der Waals surface area contributed by atoms with E-state index in [1.807, 2.05) is 24.3 Å². The molecule has 1 aromatic rings. The van der Waals surface area contributed by atoms with E-state index in [1.54, 1.807) is 6.20 Å². The molecule has 54 valence electrons. The van der Waals surface area contributed by atoms with Gasteiger partial charge in [-0.3, -0.25) is 4.98 Å². The van der Waals surface area contributed by atoms with Gasteiger partial charge in [0, 0.05) is 6.20 Å². The normalized spacial score (nSPS) is 14.2. The zero-order valence-corrected chi connectivity index (χ0v) is 5.94. The monoisotopic (exact) mass is 145 g/mol. The third-order valence-electron chi connectivity index (χ3n) is 1.46. The Balaban J connectivity index is 2.58. The van der Waals surface area contributed by atoms with Gasteiger partial charge in [-0.15, -0.1) is 0 Å². The number of fused-ring (bicyclic) bond motifs is 1. The molecule has 3 nitrogen and oxygen atoms in total. The lowest BCUT2D eigenvalue weighted by Gasteiger charge is -1.93. The molecule has 0 radical (unpaired) electrons. The van der Waals surface area contributed by atoms with Crippen LogP contribution in [0.5, 0.6) is 0 Å². The lowest BCUT2D eigenvalue weighted by atomic mass is 10.3. The van der Waals surface area contributed by atoms with Gasteiger partial charge in [-0.1, -0.05) is 6.08 Å². The lowest BCUT2D eigenvalue weighted by Crippen LogP contribution is -1.77. The molecule has 0 fully saturated rings. The molecule has 11 heavy (non-hydrogen) atoms. The van der Waals surface area contributed by atoms with Crippen molar-refractivity contribution in [3.8, 4) is 0 Å². The fourth-order valence-electron chi connectivity index (χ4n) is 0.950. The van der Waals surface area contributed by atoms with Crippen LogP contribution < -0.4 is 0 Å². The van der Waals surface area contributed by atoms with Gasteiger partial charge in [0.1, 0.15) is 5.69 Å². The standard InChI is InChI=1S/C8H7N3/c1-4-8-7(9-5-1)3-2-6-10-11-8/h1-5H,6H2. The Morgan fingerprint density at radius 3 is 3.36 bits per heavy atom. The zero-order valence-electron chi connectivity index (χ0n) is 5.94. The molecule has 1 aliphatic heterocycles. The summed E-state index contributed by atoms with van der Waals surface area (Å²) in [6.07, 6.45) is 5.64. The van der Waals surface area contributed by atoms with Crippen molar-refractivity contribution >= 4 is 11.8 Å². The molecule has 0 aliphatic carbocycles. The van der Waals surface area contributed by atoms with Crippen molar-refractivity contribution in [3.05, 3.63) is 30.1 Å². The maximum absolute atomic E-state index is 4.14. The van der Waals surface area contributed by atoms with Gasteiger partial charge >= 0.3 is 0 Å². The molecule has 0 N–H and O–H groups in total. The first kappa shape index (κ1) is 6.22. The van der Waals surface area contributed by atoms with Gasteiger partial charge in [-0.25, -0.2) is 0 Å². The first-order valence-electron chi connectivity index (χ1n) is 3.46. The second-order valence-electron chi connectivity index (χ2n) is 2.23. The van der Waals surface area contributed by atoms with Gasteiger partial charge in [0.05, 0.1) is 12.2 Å². The largest absolute Gasteiger partial charge is 0.255 e. The summed E-state index contributed by atoms with van der Waals surface area (Å²) >= 11 is 0. The number of aromatic nitrogens is 1. The van der Waals surface area contributed by atoms with Gasteiger partial charge in [-0.05, 0) is 18.2 Å². The van der Waals surface area contributed by atoms with E-state index in [0.29, 0.717) is 6.54 Å². The average molecular weight is 145 g/mol. The highest BCUT2D eigenvalue weighted by atomic mass is 15.1. The van der Waals surface area contributed by atoms with Crippen LogP contribution >= 0.6 is 0 Å². The van der Waals surface area contributed by atoms with Crippen LogP contribution in [0.25, 0.3) is 6.08 Å². The molecule has 0 amide bonds. The van der Waals surface area contributed by atoms with E-state index in [-0.39, 0.29) is 0 Å². The molecule has 0 saturated carbocycles. The third-order valence-corrected chi connectivity index (χ3v) is 1.46. The van der Waals surface area contributed by atoms with E-state index < -0.39 is 0 Å². The summed E-state index contributed by atoms with van der Waals surface area (Å²) in [5.41, 5.74) is 1.75. The molecule has 0 atom stereocenters. The molecule has 0 saturated heterocycles. The topological polar surface area (TPSA) is 37.6 Å². The highest BCUT2D eigenvalue weighted by Crippen LogP contribution is 2.19. The number of nitrogens with zero attached hydrogens (tertiary/aromatic N) is 3. The summed E-state index contributed by atoms with van der Waals surface area (Å²) in [5.74, 6) is 0. The predicted molar refractivity (Wildman–Crippen MR) is 42.7 cm³/mol. The minimum Gasteiger partial charge on any atom is -0.255 e. The van der Waals surface area contributed by atoms with E-state index in [0.717, 1.165) is 11.4 Å². The smallest absolute Gasteiger partial charge is 0.111 e. The summed E-state index contributed by atoms with van der Waals surface area (Å²) in [7, 11) is 0. The molecule has 1 aliphatic rings. The van der Waals surface area contributed by atoms with Crippen LogP contribution in [-0.4, -0.2) is 11.5 Å². The van der Waals surface area contributed by atoms with Crippen LogP contribution in [0.15, 0.2) is 34.6 Å². The first-order chi connectivity index (χ1) is 5.47. The molecule has 1 aromatic heterocycles. The highest BCUT2D eigenvalue weighted by molar-refractivity contribution is 5.60. The Hall–Kier alpha value is -1.51. The van der Waals surface area contributed by atoms with Gasteiger partial charge in [-0.2, -0.15) is 10.2 Å². The second kappa shape index (κ2) is 2.62. The predicted octanol–water partition coefficient (Wildman–Crippen LogP) is 2.19. The fourth-order valence-corrected chi connectivity index (χ4v) is 0.950. The molecule has 0 spiro atoms. The molecule has 0 unspecified atom stereocenters. The highest BCUT2D eigenvalue weighted by Gasteiger charge is 1.98. The van der Waals surface area contributed by atoms with E-state index >= 15 is 0 Å². The fraction of sp³-hybridized carbons (Fsp3) is 0.125. The number of hydrogen-bond donors (Lipinski definition) is 0. The van der Waals surface area contributed by atoms with Crippen LogP contribution in [-0.2, 0) is 0 Å².